The second-order valence-electron chi connectivity index (χ2n) is 5.50. The first-order chi connectivity index (χ1) is 12.4. The summed E-state index contributed by atoms with van der Waals surface area (Å²) in [5.74, 6) is 0.00548. The fourth-order valence-electron chi connectivity index (χ4n) is 2.28. The van der Waals surface area contributed by atoms with Gasteiger partial charge in [-0.25, -0.2) is 5.48 Å². The van der Waals surface area contributed by atoms with Crippen molar-refractivity contribution >= 4 is 52.7 Å². The van der Waals surface area contributed by atoms with E-state index >= 15 is 0 Å². The van der Waals surface area contributed by atoms with Gasteiger partial charge in [0, 0.05) is 29.7 Å². The molecule has 144 valence electrons. The van der Waals surface area contributed by atoms with E-state index in [9.17, 15) is 9.59 Å². The number of benzene rings is 1. The minimum atomic E-state index is -1.07. The minimum absolute atomic E-state index is 0.124. The molecule has 0 atom stereocenters. The van der Waals surface area contributed by atoms with Crippen molar-refractivity contribution < 1.29 is 14.8 Å². The number of thioether (sulfide) groups is 1. The summed E-state index contributed by atoms with van der Waals surface area (Å²) in [6, 6.07) is 5.60. The molecule has 0 unspecified atom stereocenters. The summed E-state index contributed by atoms with van der Waals surface area (Å²) in [5, 5.41) is 8.54. The predicted octanol–water partition coefficient (Wildman–Crippen LogP) is 3.55. The van der Waals surface area contributed by atoms with Gasteiger partial charge in [-0.15, -0.1) is 11.8 Å². The predicted molar refractivity (Wildman–Crippen MR) is 108 cm³/mol. The SMILES string of the molecule is CCN(CC)CCSc1ccc(/C=C/C(=O)NO)cc1CC(=O)C(Cl)Cl. The third-order valence-corrected chi connectivity index (χ3v) is 5.37. The number of amides is 1. The van der Waals surface area contributed by atoms with Gasteiger partial charge in [-0.3, -0.25) is 14.8 Å². The molecule has 1 rings (SSSR count). The number of nitrogens with one attached hydrogen (secondary N) is 1. The summed E-state index contributed by atoms with van der Waals surface area (Å²) in [5.41, 5.74) is 3.09. The Morgan fingerprint density at radius 3 is 2.58 bits per heavy atom. The molecule has 0 aromatic heterocycles. The Kier molecular flexibility index (Phi) is 10.9. The normalized spacial score (nSPS) is 11.5. The van der Waals surface area contributed by atoms with Crippen molar-refractivity contribution in [1.29, 1.82) is 0 Å². The summed E-state index contributed by atoms with van der Waals surface area (Å²) >= 11 is 13.0. The van der Waals surface area contributed by atoms with Gasteiger partial charge in [0.25, 0.3) is 5.91 Å². The van der Waals surface area contributed by atoms with Gasteiger partial charge in [0.15, 0.2) is 10.6 Å². The van der Waals surface area contributed by atoms with Gasteiger partial charge >= 0.3 is 0 Å². The molecule has 2 N–H and O–H groups in total. The number of hydrogen-bond donors (Lipinski definition) is 2. The average Bonchev–Trinajstić information content (AvgIpc) is 2.64. The van der Waals surface area contributed by atoms with E-state index in [0.717, 1.165) is 41.4 Å². The van der Waals surface area contributed by atoms with E-state index in [1.54, 1.807) is 17.8 Å². The molecule has 0 saturated heterocycles. The van der Waals surface area contributed by atoms with Crippen molar-refractivity contribution in [3.8, 4) is 0 Å². The fourth-order valence-corrected chi connectivity index (χ4v) is 3.49. The molecule has 0 spiro atoms. The van der Waals surface area contributed by atoms with Crippen molar-refractivity contribution in [2.45, 2.75) is 30.0 Å². The lowest BCUT2D eigenvalue weighted by Gasteiger charge is -2.18. The highest BCUT2D eigenvalue weighted by Gasteiger charge is 2.15. The molecular formula is C18H24Cl2N2O3S. The molecule has 1 aromatic carbocycles. The van der Waals surface area contributed by atoms with Crippen LogP contribution in [-0.4, -0.2) is 52.0 Å². The quantitative estimate of drug-likeness (QED) is 0.189. The zero-order chi connectivity index (χ0) is 19.5. The molecule has 0 heterocycles. The van der Waals surface area contributed by atoms with Crippen molar-refractivity contribution in [3.63, 3.8) is 0 Å². The average molecular weight is 419 g/mol. The zero-order valence-corrected chi connectivity index (χ0v) is 17.2. The maximum atomic E-state index is 12.0. The van der Waals surface area contributed by atoms with Gasteiger partial charge < -0.3 is 4.90 Å². The zero-order valence-electron chi connectivity index (χ0n) is 14.9. The fraction of sp³-hybridized carbons (Fsp3) is 0.444. The molecule has 0 aliphatic rings. The van der Waals surface area contributed by atoms with Gasteiger partial charge in [0.2, 0.25) is 0 Å². The molecule has 8 heteroatoms. The number of Topliss-reactive ketones (excluding diaryl/α,β-unsaturated/α-hetero) is 1. The van der Waals surface area contributed by atoms with Crippen LogP contribution in [0.4, 0.5) is 0 Å². The summed E-state index contributed by atoms with van der Waals surface area (Å²) in [6.45, 7) is 7.21. The summed E-state index contributed by atoms with van der Waals surface area (Å²) in [4.78, 5) is 25.3. The van der Waals surface area contributed by atoms with Gasteiger partial charge in [-0.2, -0.15) is 0 Å². The van der Waals surface area contributed by atoms with E-state index < -0.39 is 10.7 Å². The van der Waals surface area contributed by atoms with Crippen LogP contribution >= 0.6 is 35.0 Å². The Balaban J connectivity index is 2.94. The molecule has 1 amide bonds. The van der Waals surface area contributed by atoms with Gasteiger partial charge in [-0.05, 0) is 36.4 Å². The van der Waals surface area contributed by atoms with Crippen LogP contribution in [0.5, 0.6) is 0 Å². The molecule has 0 radical (unpaired) electrons. The highest BCUT2D eigenvalue weighted by molar-refractivity contribution is 7.99. The van der Waals surface area contributed by atoms with E-state index in [1.807, 2.05) is 18.2 Å². The topological polar surface area (TPSA) is 69.6 Å². The Morgan fingerprint density at radius 2 is 2.00 bits per heavy atom. The number of nitrogens with zero attached hydrogens (tertiary/aromatic N) is 1. The molecule has 0 fully saturated rings. The van der Waals surface area contributed by atoms with Gasteiger partial charge in [0.1, 0.15) is 0 Å². The van der Waals surface area contributed by atoms with Crippen LogP contribution in [0.1, 0.15) is 25.0 Å². The second-order valence-corrected chi connectivity index (χ2v) is 7.73. The molecule has 0 aliphatic carbocycles. The standard InChI is InChI=1S/C18H24Cl2N2O3S/c1-3-22(4-2)9-10-26-16-7-5-13(6-8-17(24)21-25)11-14(16)12-15(23)18(19)20/h5-8,11,18,25H,3-4,9-10,12H2,1-2H3,(H,21,24)/b8-6+. The molecule has 0 aliphatic heterocycles. The van der Waals surface area contributed by atoms with Gasteiger partial charge in [-0.1, -0.05) is 49.2 Å². The first-order valence-corrected chi connectivity index (χ1v) is 10.2. The van der Waals surface area contributed by atoms with Crippen LogP contribution in [0.3, 0.4) is 0 Å². The lowest BCUT2D eigenvalue weighted by Crippen LogP contribution is -2.25. The highest BCUT2D eigenvalue weighted by Crippen LogP contribution is 2.26. The maximum Gasteiger partial charge on any atom is 0.267 e. The van der Waals surface area contributed by atoms with E-state index in [1.165, 1.54) is 11.6 Å². The third kappa shape index (κ3) is 8.10. The smallest absolute Gasteiger partial charge is 0.267 e. The number of ketones is 1. The molecule has 5 nitrogen and oxygen atoms in total. The summed E-state index contributed by atoms with van der Waals surface area (Å²) in [6.07, 6.45) is 2.89. The van der Waals surface area contributed by atoms with Crippen LogP contribution in [0, 0.1) is 0 Å². The summed E-state index contributed by atoms with van der Waals surface area (Å²) < 4.78 is 0. The maximum absolute atomic E-state index is 12.0. The largest absolute Gasteiger partial charge is 0.303 e. The van der Waals surface area contributed by atoms with Crippen molar-refractivity contribution in [1.82, 2.24) is 10.4 Å². The van der Waals surface area contributed by atoms with E-state index in [2.05, 4.69) is 18.7 Å². The Bertz CT molecular complexity index is 635. The monoisotopic (exact) mass is 418 g/mol. The Morgan fingerprint density at radius 1 is 1.31 bits per heavy atom. The van der Waals surface area contributed by atoms with Crippen LogP contribution in [-0.2, 0) is 16.0 Å². The molecule has 1 aromatic rings. The van der Waals surface area contributed by atoms with Crippen molar-refractivity contribution in [2.75, 3.05) is 25.4 Å². The van der Waals surface area contributed by atoms with Gasteiger partial charge in [0.05, 0.1) is 0 Å². The van der Waals surface area contributed by atoms with E-state index in [4.69, 9.17) is 28.4 Å². The number of carbonyl (C=O) groups is 2. The van der Waals surface area contributed by atoms with Crippen LogP contribution in [0.2, 0.25) is 0 Å². The number of halogens is 2. The minimum Gasteiger partial charge on any atom is -0.303 e. The molecule has 0 bridgehead atoms. The van der Waals surface area contributed by atoms with Crippen LogP contribution < -0.4 is 5.48 Å². The Hall–Kier alpha value is -1.05. The number of hydroxylamine groups is 1. The first kappa shape index (κ1) is 23.0. The number of rotatable bonds is 11. The van der Waals surface area contributed by atoms with Crippen molar-refractivity contribution in [2.24, 2.45) is 0 Å². The summed E-state index contributed by atoms with van der Waals surface area (Å²) in [7, 11) is 0. The Labute approximate surface area is 168 Å². The van der Waals surface area contributed by atoms with E-state index in [-0.39, 0.29) is 12.2 Å². The van der Waals surface area contributed by atoms with E-state index in [0.29, 0.717) is 0 Å². The molecule has 0 saturated carbocycles. The first-order valence-electron chi connectivity index (χ1n) is 8.32. The lowest BCUT2D eigenvalue weighted by molar-refractivity contribution is -0.124. The van der Waals surface area contributed by atoms with Crippen LogP contribution in [0.25, 0.3) is 6.08 Å². The third-order valence-electron chi connectivity index (χ3n) is 3.79. The molecular weight excluding hydrogens is 395 g/mol. The lowest BCUT2D eigenvalue weighted by atomic mass is 10.1. The highest BCUT2D eigenvalue weighted by atomic mass is 35.5. The number of carbonyl (C=O) groups excluding carboxylic acids is 2. The van der Waals surface area contributed by atoms with Crippen LogP contribution in [0.15, 0.2) is 29.2 Å². The van der Waals surface area contributed by atoms with Crippen molar-refractivity contribution in [3.05, 3.63) is 35.4 Å². The number of alkyl halides is 2. The molecule has 26 heavy (non-hydrogen) atoms. The second kappa shape index (κ2) is 12.4. The number of hydrogen-bond acceptors (Lipinski definition) is 5.